The Kier molecular flexibility index (Phi) is 16.9. The first-order valence-electron chi connectivity index (χ1n) is 9.06. The van der Waals surface area contributed by atoms with Crippen molar-refractivity contribution >= 4 is 0 Å². The molecule has 1 unspecified atom stereocenters. The van der Waals surface area contributed by atoms with Crippen LogP contribution in [0.15, 0.2) is 0 Å². The van der Waals surface area contributed by atoms with E-state index >= 15 is 0 Å². The van der Waals surface area contributed by atoms with Gasteiger partial charge in [0.15, 0.2) is 0 Å². The molecular formula is C18H38O2. The lowest BCUT2D eigenvalue weighted by molar-refractivity contribution is 0.199. The molecule has 0 aromatic heterocycles. The number of unbranched alkanes of at least 4 members (excludes halogenated alkanes) is 10. The minimum atomic E-state index is 0.288. The first-order valence-corrected chi connectivity index (χ1v) is 9.06. The smallest absolute Gasteiger partial charge is 0.0459 e. The van der Waals surface area contributed by atoms with E-state index in [1.54, 1.807) is 0 Å². The Labute approximate surface area is 127 Å². The molecule has 2 N–H and O–H groups in total. The molecule has 0 aliphatic carbocycles. The van der Waals surface area contributed by atoms with Crippen molar-refractivity contribution in [1.82, 2.24) is 0 Å². The molecule has 20 heavy (non-hydrogen) atoms. The van der Waals surface area contributed by atoms with Crippen molar-refractivity contribution in [3.05, 3.63) is 0 Å². The van der Waals surface area contributed by atoms with Crippen LogP contribution in [0.25, 0.3) is 0 Å². The Morgan fingerprint density at radius 3 is 1.50 bits per heavy atom. The average molecular weight is 286 g/mol. The predicted molar refractivity (Wildman–Crippen MR) is 88.0 cm³/mol. The van der Waals surface area contributed by atoms with Crippen LogP contribution in [0.2, 0.25) is 0 Å². The Morgan fingerprint density at radius 1 is 0.600 bits per heavy atom. The van der Waals surface area contributed by atoms with Gasteiger partial charge in [-0.05, 0) is 25.2 Å². The van der Waals surface area contributed by atoms with Gasteiger partial charge >= 0.3 is 0 Å². The molecule has 0 aliphatic heterocycles. The van der Waals surface area contributed by atoms with Gasteiger partial charge in [0, 0.05) is 13.2 Å². The topological polar surface area (TPSA) is 40.5 Å². The summed E-state index contributed by atoms with van der Waals surface area (Å²) < 4.78 is 0. The van der Waals surface area contributed by atoms with Gasteiger partial charge < -0.3 is 10.2 Å². The molecule has 2 nitrogen and oxygen atoms in total. The molecule has 2 heteroatoms. The SMILES string of the molecule is CCCCCCCCCCCCC(CO)CCCCO. The molecule has 0 radical (unpaired) electrons. The highest BCUT2D eigenvalue weighted by molar-refractivity contribution is 4.59. The Bertz CT molecular complexity index is 171. The van der Waals surface area contributed by atoms with Gasteiger partial charge in [-0.3, -0.25) is 0 Å². The highest BCUT2D eigenvalue weighted by Crippen LogP contribution is 2.17. The number of rotatable bonds is 16. The molecule has 122 valence electrons. The Balaban J connectivity index is 3.20. The lowest BCUT2D eigenvalue weighted by Crippen LogP contribution is -2.06. The molecular weight excluding hydrogens is 248 g/mol. The second-order valence-corrected chi connectivity index (χ2v) is 6.24. The Morgan fingerprint density at radius 2 is 1.05 bits per heavy atom. The molecule has 0 aromatic rings. The predicted octanol–water partition coefficient (Wildman–Crippen LogP) is 5.07. The van der Waals surface area contributed by atoms with Crippen LogP contribution < -0.4 is 0 Å². The van der Waals surface area contributed by atoms with Crippen LogP contribution in [0.5, 0.6) is 0 Å². The quantitative estimate of drug-likeness (QED) is 0.389. The minimum Gasteiger partial charge on any atom is -0.396 e. The third-order valence-corrected chi connectivity index (χ3v) is 4.24. The fourth-order valence-corrected chi connectivity index (χ4v) is 2.79. The fraction of sp³-hybridized carbons (Fsp3) is 1.00. The lowest BCUT2D eigenvalue weighted by atomic mass is 9.95. The molecule has 0 rings (SSSR count). The summed E-state index contributed by atoms with van der Waals surface area (Å²) in [6.07, 6.45) is 17.9. The zero-order valence-corrected chi connectivity index (χ0v) is 13.8. The highest BCUT2D eigenvalue weighted by Gasteiger charge is 2.06. The van der Waals surface area contributed by atoms with Crippen molar-refractivity contribution in [2.24, 2.45) is 5.92 Å². The summed E-state index contributed by atoms with van der Waals surface area (Å²) in [4.78, 5) is 0. The molecule has 0 amide bonds. The number of hydrogen-bond donors (Lipinski definition) is 2. The first kappa shape index (κ1) is 19.9. The minimum absolute atomic E-state index is 0.288. The Hall–Kier alpha value is -0.0800. The second-order valence-electron chi connectivity index (χ2n) is 6.24. The summed E-state index contributed by atoms with van der Waals surface area (Å²) >= 11 is 0. The van der Waals surface area contributed by atoms with Crippen LogP contribution in [-0.2, 0) is 0 Å². The van der Waals surface area contributed by atoms with E-state index in [1.807, 2.05) is 0 Å². The molecule has 0 saturated carbocycles. The van der Waals surface area contributed by atoms with E-state index in [1.165, 1.54) is 70.6 Å². The summed E-state index contributed by atoms with van der Waals surface area (Å²) in [5, 5.41) is 18.1. The third-order valence-electron chi connectivity index (χ3n) is 4.24. The van der Waals surface area contributed by atoms with E-state index < -0.39 is 0 Å². The zero-order valence-electron chi connectivity index (χ0n) is 13.8. The summed E-state index contributed by atoms with van der Waals surface area (Å²) in [5.74, 6) is 0.468. The maximum absolute atomic E-state index is 9.31. The van der Waals surface area contributed by atoms with E-state index in [4.69, 9.17) is 5.11 Å². The normalized spacial score (nSPS) is 12.8. The van der Waals surface area contributed by atoms with Crippen molar-refractivity contribution in [3.8, 4) is 0 Å². The maximum atomic E-state index is 9.31. The van der Waals surface area contributed by atoms with Crippen molar-refractivity contribution < 1.29 is 10.2 Å². The summed E-state index contributed by atoms with van der Waals surface area (Å²) in [6, 6.07) is 0. The first-order chi connectivity index (χ1) is 9.85. The van der Waals surface area contributed by atoms with E-state index in [-0.39, 0.29) is 6.61 Å². The maximum Gasteiger partial charge on any atom is 0.0459 e. The molecule has 0 aliphatic rings. The molecule has 0 saturated heterocycles. The van der Waals surface area contributed by atoms with E-state index in [0.29, 0.717) is 12.5 Å². The standard InChI is InChI=1S/C18H38O2/c1-2-3-4-5-6-7-8-9-10-11-14-18(17-20)15-12-13-16-19/h18-20H,2-17H2,1H3. The van der Waals surface area contributed by atoms with E-state index in [0.717, 1.165) is 19.3 Å². The lowest BCUT2D eigenvalue weighted by Gasteiger charge is -2.13. The van der Waals surface area contributed by atoms with Gasteiger partial charge in [0.25, 0.3) is 0 Å². The molecule has 0 bridgehead atoms. The monoisotopic (exact) mass is 286 g/mol. The van der Waals surface area contributed by atoms with Crippen LogP contribution >= 0.6 is 0 Å². The van der Waals surface area contributed by atoms with Gasteiger partial charge in [0.1, 0.15) is 0 Å². The molecule has 0 heterocycles. The van der Waals surface area contributed by atoms with Gasteiger partial charge in [-0.1, -0.05) is 77.6 Å². The fourth-order valence-electron chi connectivity index (χ4n) is 2.79. The van der Waals surface area contributed by atoms with Crippen LogP contribution in [0.3, 0.4) is 0 Å². The highest BCUT2D eigenvalue weighted by atomic mass is 16.3. The summed E-state index contributed by atoms with van der Waals surface area (Å²) in [7, 11) is 0. The summed E-state index contributed by atoms with van der Waals surface area (Å²) in [5.41, 5.74) is 0. The van der Waals surface area contributed by atoms with E-state index in [2.05, 4.69) is 6.92 Å². The molecule has 0 aromatic carbocycles. The van der Waals surface area contributed by atoms with Gasteiger partial charge in [0.2, 0.25) is 0 Å². The summed E-state index contributed by atoms with van der Waals surface area (Å²) in [6.45, 7) is 2.88. The van der Waals surface area contributed by atoms with Crippen LogP contribution in [0.4, 0.5) is 0 Å². The third kappa shape index (κ3) is 14.3. The number of aliphatic hydroxyl groups excluding tert-OH is 2. The van der Waals surface area contributed by atoms with Crippen molar-refractivity contribution in [2.45, 2.75) is 96.8 Å². The number of hydrogen-bond acceptors (Lipinski definition) is 2. The van der Waals surface area contributed by atoms with Crippen molar-refractivity contribution in [3.63, 3.8) is 0 Å². The van der Waals surface area contributed by atoms with Crippen LogP contribution in [0.1, 0.15) is 96.8 Å². The van der Waals surface area contributed by atoms with E-state index in [9.17, 15) is 5.11 Å². The largest absolute Gasteiger partial charge is 0.396 e. The van der Waals surface area contributed by atoms with Crippen molar-refractivity contribution in [1.29, 1.82) is 0 Å². The van der Waals surface area contributed by atoms with Gasteiger partial charge in [0.05, 0.1) is 0 Å². The molecule has 1 atom stereocenters. The second kappa shape index (κ2) is 17.0. The number of aliphatic hydroxyl groups is 2. The zero-order chi connectivity index (χ0) is 14.9. The van der Waals surface area contributed by atoms with Gasteiger partial charge in [-0.15, -0.1) is 0 Å². The molecule has 0 spiro atoms. The van der Waals surface area contributed by atoms with Gasteiger partial charge in [-0.25, -0.2) is 0 Å². The average Bonchev–Trinajstić information content (AvgIpc) is 2.47. The molecule has 0 fully saturated rings. The van der Waals surface area contributed by atoms with Crippen LogP contribution in [0, 0.1) is 5.92 Å². The van der Waals surface area contributed by atoms with Crippen molar-refractivity contribution in [2.75, 3.05) is 13.2 Å². The van der Waals surface area contributed by atoms with Crippen LogP contribution in [-0.4, -0.2) is 23.4 Å². The van der Waals surface area contributed by atoms with Gasteiger partial charge in [-0.2, -0.15) is 0 Å².